The third-order valence-corrected chi connectivity index (χ3v) is 3.91. The van der Waals surface area contributed by atoms with Gasteiger partial charge in [0.25, 0.3) is 11.6 Å². The van der Waals surface area contributed by atoms with E-state index in [1.165, 1.54) is 18.2 Å². The smallest absolute Gasteiger partial charge is 0.270 e. The summed E-state index contributed by atoms with van der Waals surface area (Å²) in [6.45, 7) is 2.84. The maximum absolute atomic E-state index is 12.6. The van der Waals surface area contributed by atoms with Gasteiger partial charge in [-0.25, -0.2) is 0 Å². The first-order valence-corrected chi connectivity index (χ1v) is 7.38. The lowest BCUT2D eigenvalue weighted by Crippen LogP contribution is -2.39. The normalized spacial score (nSPS) is 18.0. The predicted molar refractivity (Wildman–Crippen MR) is 80.0 cm³/mol. The van der Waals surface area contributed by atoms with Gasteiger partial charge in [-0.15, -0.1) is 0 Å². The second kappa shape index (κ2) is 6.15. The van der Waals surface area contributed by atoms with E-state index in [-0.39, 0.29) is 17.5 Å². The average molecular weight is 316 g/mol. The Kier molecular flexibility index (Phi) is 4.05. The highest BCUT2D eigenvalue weighted by Crippen LogP contribution is 2.27. The van der Waals surface area contributed by atoms with Crippen molar-refractivity contribution in [2.24, 2.45) is 0 Å². The molecule has 0 bridgehead atoms. The van der Waals surface area contributed by atoms with E-state index in [0.717, 1.165) is 12.8 Å². The summed E-state index contributed by atoms with van der Waals surface area (Å²) in [6, 6.07) is 5.80. The lowest BCUT2D eigenvalue weighted by Gasteiger charge is -2.31. The molecule has 23 heavy (non-hydrogen) atoms. The molecule has 1 aromatic heterocycles. The van der Waals surface area contributed by atoms with Gasteiger partial charge in [0.2, 0.25) is 5.89 Å². The maximum Gasteiger partial charge on any atom is 0.270 e. The second-order valence-electron chi connectivity index (χ2n) is 5.58. The molecule has 2 aromatic rings. The molecule has 8 heteroatoms. The Labute approximate surface area is 132 Å². The number of hydrogen-bond donors (Lipinski definition) is 0. The van der Waals surface area contributed by atoms with Crippen LogP contribution in [-0.2, 0) is 0 Å². The minimum absolute atomic E-state index is 0.00704. The van der Waals surface area contributed by atoms with E-state index in [4.69, 9.17) is 4.52 Å². The van der Waals surface area contributed by atoms with Crippen LogP contribution >= 0.6 is 0 Å². The Morgan fingerprint density at radius 3 is 3.00 bits per heavy atom. The van der Waals surface area contributed by atoms with Gasteiger partial charge in [-0.05, 0) is 25.8 Å². The number of rotatable bonds is 3. The molecule has 1 saturated heterocycles. The van der Waals surface area contributed by atoms with Crippen LogP contribution in [-0.4, -0.2) is 39.0 Å². The zero-order chi connectivity index (χ0) is 16.4. The number of amides is 1. The van der Waals surface area contributed by atoms with Crippen LogP contribution < -0.4 is 0 Å². The quantitative estimate of drug-likeness (QED) is 0.636. The van der Waals surface area contributed by atoms with Gasteiger partial charge in [-0.2, -0.15) is 4.98 Å². The zero-order valence-corrected chi connectivity index (χ0v) is 12.6. The first kappa shape index (κ1) is 15.1. The monoisotopic (exact) mass is 316 g/mol. The Bertz CT molecular complexity index is 743. The van der Waals surface area contributed by atoms with Crippen molar-refractivity contribution in [3.8, 4) is 0 Å². The number of piperidine rings is 1. The summed E-state index contributed by atoms with van der Waals surface area (Å²) < 4.78 is 5.20. The number of nitrogens with zero attached hydrogens (tertiary/aromatic N) is 4. The van der Waals surface area contributed by atoms with Gasteiger partial charge in [0.15, 0.2) is 5.82 Å². The van der Waals surface area contributed by atoms with Crippen molar-refractivity contribution in [1.29, 1.82) is 0 Å². The number of aromatic nitrogens is 2. The van der Waals surface area contributed by atoms with Crippen molar-refractivity contribution in [3.63, 3.8) is 0 Å². The predicted octanol–water partition coefficient (Wildman–Crippen LogP) is 2.31. The largest absolute Gasteiger partial charge is 0.339 e. The molecule has 3 rings (SSSR count). The van der Waals surface area contributed by atoms with Gasteiger partial charge >= 0.3 is 0 Å². The highest BCUT2D eigenvalue weighted by Gasteiger charge is 2.29. The summed E-state index contributed by atoms with van der Waals surface area (Å²) in [5, 5.41) is 14.6. The highest BCUT2D eigenvalue weighted by atomic mass is 16.6. The average Bonchev–Trinajstić information content (AvgIpc) is 3.01. The van der Waals surface area contributed by atoms with E-state index in [1.807, 2.05) is 0 Å². The first-order valence-electron chi connectivity index (χ1n) is 7.38. The molecule has 1 amide bonds. The van der Waals surface area contributed by atoms with Crippen LogP contribution in [0.2, 0.25) is 0 Å². The van der Waals surface area contributed by atoms with E-state index in [0.29, 0.717) is 30.4 Å². The van der Waals surface area contributed by atoms with Crippen molar-refractivity contribution >= 4 is 11.6 Å². The molecule has 0 radical (unpaired) electrons. The molecule has 1 unspecified atom stereocenters. The molecule has 120 valence electrons. The molecule has 8 nitrogen and oxygen atoms in total. The topological polar surface area (TPSA) is 102 Å². The Hall–Kier alpha value is -2.77. The fourth-order valence-corrected chi connectivity index (χ4v) is 2.78. The van der Waals surface area contributed by atoms with Crippen molar-refractivity contribution in [1.82, 2.24) is 15.0 Å². The number of nitro benzene ring substituents is 1. The van der Waals surface area contributed by atoms with Crippen molar-refractivity contribution < 1.29 is 14.2 Å². The molecule has 1 aliphatic heterocycles. The Morgan fingerprint density at radius 2 is 2.30 bits per heavy atom. The van der Waals surface area contributed by atoms with Crippen LogP contribution in [0.5, 0.6) is 0 Å². The summed E-state index contributed by atoms with van der Waals surface area (Å²) in [5.41, 5.74) is 0.235. The van der Waals surface area contributed by atoms with Gasteiger partial charge in [0, 0.05) is 30.8 Å². The molecule has 0 saturated carbocycles. The fraction of sp³-hybridized carbons (Fsp3) is 0.400. The second-order valence-corrected chi connectivity index (χ2v) is 5.58. The molecule has 1 atom stereocenters. The lowest BCUT2D eigenvalue weighted by molar-refractivity contribution is -0.384. The van der Waals surface area contributed by atoms with E-state index in [9.17, 15) is 14.9 Å². The third kappa shape index (κ3) is 3.20. The number of non-ortho nitro benzene ring substituents is 1. The van der Waals surface area contributed by atoms with Crippen LogP contribution in [0, 0.1) is 17.0 Å². The van der Waals surface area contributed by atoms with E-state index in [1.54, 1.807) is 17.9 Å². The van der Waals surface area contributed by atoms with Crippen LogP contribution in [0.15, 0.2) is 28.8 Å². The van der Waals surface area contributed by atoms with Gasteiger partial charge < -0.3 is 9.42 Å². The maximum atomic E-state index is 12.6. The number of hydrogen-bond acceptors (Lipinski definition) is 6. The third-order valence-electron chi connectivity index (χ3n) is 3.91. The number of likely N-dealkylation sites (tertiary alicyclic amines) is 1. The summed E-state index contributed by atoms with van der Waals surface area (Å²) in [4.78, 5) is 28.9. The standard InChI is InChI=1S/C15H16N4O4/c1-10-16-14(23-17-10)12-5-3-7-18(9-12)15(20)11-4-2-6-13(8-11)19(21)22/h2,4,6,8,12H,3,5,7,9H2,1H3. The molecule has 1 fully saturated rings. The van der Waals surface area contributed by atoms with Gasteiger partial charge in [0.1, 0.15) is 0 Å². The molecule has 0 spiro atoms. The van der Waals surface area contributed by atoms with E-state index in [2.05, 4.69) is 10.1 Å². The summed E-state index contributed by atoms with van der Waals surface area (Å²) in [6.07, 6.45) is 1.70. The number of nitro groups is 1. The van der Waals surface area contributed by atoms with Gasteiger partial charge in [-0.1, -0.05) is 11.2 Å². The van der Waals surface area contributed by atoms with Crippen molar-refractivity contribution in [2.75, 3.05) is 13.1 Å². The minimum Gasteiger partial charge on any atom is -0.339 e. The molecule has 2 heterocycles. The van der Waals surface area contributed by atoms with E-state index < -0.39 is 4.92 Å². The highest BCUT2D eigenvalue weighted by molar-refractivity contribution is 5.94. The Balaban J connectivity index is 1.77. The van der Waals surface area contributed by atoms with Crippen LogP contribution in [0.1, 0.15) is 40.8 Å². The SMILES string of the molecule is Cc1noc(C2CCCN(C(=O)c3cccc([N+](=O)[O-])c3)C2)n1. The molecular formula is C15H16N4O4. The van der Waals surface area contributed by atoms with Gasteiger partial charge in [-0.3, -0.25) is 14.9 Å². The first-order chi connectivity index (χ1) is 11.0. The molecular weight excluding hydrogens is 300 g/mol. The summed E-state index contributed by atoms with van der Waals surface area (Å²) in [5.74, 6) is 0.906. The van der Waals surface area contributed by atoms with E-state index >= 15 is 0 Å². The van der Waals surface area contributed by atoms with Crippen LogP contribution in [0.3, 0.4) is 0 Å². The van der Waals surface area contributed by atoms with Gasteiger partial charge in [0.05, 0.1) is 10.8 Å². The summed E-state index contributed by atoms with van der Waals surface area (Å²) >= 11 is 0. The molecule has 1 aromatic carbocycles. The van der Waals surface area contributed by atoms with Crippen LogP contribution in [0.25, 0.3) is 0 Å². The molecule has 0 aliphatic carbocycles. The fourth-order valence-electron chi connectivity index (χ4n) is 2.78. The van der Waals surface area contributed by atoms with Crippen molar-refractivity contribution in [3.05, 3.63) is 51.7 Å². The van der Waals surface area contributed by atoms with Crippen molar-refractivity contribution in [2.45, 2.75) is 25.7 Å². The zero-order valence-electron chi connectivity index (χ0n) is 12.6. The number of benzene rings is 1. The minimum atomic E-state index is -0.503. The molecule has 0 N–H and O–H groups in total. The number of carbonyl (C=O) groups is 1. The molecule has 1 aliphatic rings. The number of carbonyl (C=O) groups excluding carboxylic acids is 1. The Morgan fingerprint density at radius 1 is 1.48 bits per heavy atom. The lowest BCUT2D eigenvalue weighted by atomic mass is 9.97. The summed E-state index contributed by atoms with van der Waals surface area (Å²) in [7, 11) is 0. The number of aryl methyl sites for hydroxylation is 1. The van der Waals surface area contributed by atoms with Crippen LogP contribution in [0.4, 0.5) is 5.69 Å².